The van der Waals surface area contributed by atoms with E-state index in [0.717, 1.165) is 77.2 Å². The number of piperidine rings is 1. The maximum Gasteiger partial charge on any atom is 0.320 e. The van der Waals surface area contributed by atoms with Crippen molar-refractivity contribution in [2.24, 2.45) is 0 Å². The smallest absolute Gasteiger partial charge is 0.320 e. The van der Waals surface area contributed by atoms with Crippen molar-refractivity contribution in [2.75, 3.05) is 52.9 Å². The number of nitrogens with one attached hydrogen (secondary N) is 1. The lowest BCUT2D eigenvalue weighted by Gasteiger charge is -2.44. The van der Waals surface area contributed by atoms with E-state index in [1.165, 1.54) is 24.0 Å². The summed E-state index contributed by atoms with van der Waals surface area (Å²) < 4.78 is 5.47. The van der Waals surface area contributed by atoms with Gasteiger partial charge in [-0.05, 0) is 68.3 Å². The average Bonchev–Trinajstić information content (AvgIpc) is 2.82. The average molecular weight is 415 g/mol. The Morgan fingerprint density at radius 2 is 1.80 bits per heavy atom. The summed E-state index contributed by atoms with van der Waals surface area (Å²) in [6.07, 6.45) is 6.89. The highest BCUT2D eigenvalue weighted by molar-refractivity contribution is 5.74. The molecular weight excluding hydrogens is 376 g/mol. The number of nitrogens with zero attached hydrogens (tertiary/aromatic N) is 3. The zero-order valence-corrected chi connectivity index (χ0v) is 18.7. The molecule has 3 aliphatic rings. The fraction of sp³-hybridized carbons (Fsp3) is 0.708. The van der Waals surface area contributed by atoms with Gasteiger partial charge in [0.05, 0.1) is 7.11 Å². The topological polar surface area (TPSA) is 48.0 Å². The van der Waals surface area contributed by atoms with E-state index >= 15 is 0 Å². The van der Waals surface area contributed by atoms with Crippen LogP contribution in [-0.4, -0.2) is 85.7 Å². The number of carbonyl (C=O) groups excluding carboxylic acids is 1. The molecule has 166 valence electrons. The first kappa shape index (κ1) is 21.4. The molecule has 2 fully saturated rings. The van der Waals surface area contributed by atoms with Gasteiger partial charge in [0.15, 0.2) is 0 Å². The van der Waals surface area contributed by atoms with E-state index in [1.54, 1.807) is 7.11 Å². The first-order valence-corrected chi connectivity index (χ1v) is 11.9. The number of aryl methyl sites for hydroxylation is 1. The van der Waals surface area contributed by atoms with Gasteiger partial charge in [-0.3, -0.25) is 4.90 Å². The Labute approximate surface area is 181 Å². The molecule has 2 amide bonds. The van der Waals surface area contributed by atoms with Crippen LogP contribution < -0.4 is 10.1 Å². The number of fused-ring (bicyclic) bond motifs is 1. The molecule has 1 aromatic carbocycles. The van der Waals surface area contributed by atoms with Gasteiger partial charge >= 0.3 is 6.03 Å². The third kappa shape index (κ3) is 4.75. The lowest BCUT2D eigenvalue weighted by atomic mass is 9.86. The Morgan fingerprint density at radius 3 is 2.50 bits per heavy atom. The molecule has 1 aromatic rings. The van der Waals surface area contributed by atoms with Gasteiger partial charge < -0.3 is 19.9 Å². The highest BCUT2D eigenvalue weighted by Gasteiger charge is 2.33. The molecule has 0 aromatic heterocycles. The fourth-order valence-electron chi connectivity index (χ4n) is 5.49. The van der Waals surface area contributed by atoms with Crippen LogP contribution in [0.3, 0.4) is 0 Å². The number of rotatable bonds is 5. The van der Waals surface area contributed by atoms with Crippen molar-refractivity contribution in [1.82, 2.24) is 20.0 Å². The summed E-state index contributed by atoms with van der Waals surface area (Å²) in [5.74, 6) is 0.969. The summed E-state index contributed by atoms with van der Waals surface area (Å²) in [5.41, 5.74) is 2.94. The number of likely N-dealkylation sites (tertiary alicyclic amines) is 1. The summed E-state index contributed by atoms with van der Waals surface area (Å²) in [6, 6.07) is 8.01. The first-order chi connectivity index (χ1) is 14.7. The summed E-state index contributed by atoms with van der Waals surface area (Å²) in [5, 5.41) is 3.33. The quantitative estimate of drug-likeness (QED) is 0.805. The molecule has 0 bridgehead atoms. The van der Waals surface area contributed by atoms with E-state index in [9.17, 15) is 4.79 Å². The Hall–Kier alpha value is -1.79. The standard InChI is InChI=1S/C24H38N4O2/c1-3-12-28(22-6-4-19-5-7-23(30-2)18-20(19)17-22)21-8-13-26(14-9-21)24(29)27-15-10-25-11-16-27/h5,7,18,21-22,25H,3-4,6,8-17H2,1-2H3. The van der Waals surface area contributed by atoms with Gasteiger partial charge in [-0.2, -0.15) is 0 Å². The number of hydrogen-bond donors (Lipinski definition) is 1. The molecule has 2 heterocycles. The van der Waals surface area contributed by atoms with E-state index in [1.807, 2.05) is 4.90 Å². The van der Waals surface area contributed by atoms with Gasteiger partial charge in [0.1, 0.15) is 5.75 Å². The molecule has 1 aliphatic carbocycles. The molecular formula is C24H38N4O2. The summed E-state index contributed by atoms with van der Waals surface area (Å²) in [6.45, 7) is 8.74. The number of benzene rings is 1. The van der Waals surface area contributed by atoms with Crippen LogP contribution in [0.4, 0.5) is 4.79 Å². The lowest BCUT2D eigenvalue weighted by molar-refractivity contribution is 0.0669. The molecule has 2 aliphatic heterocycles. The molecule has 1 atom stereocenters. The largest absolute Gasteiger partial charge is 0.497 e. The molecule has 1 unspecified atom stereocenters. The maximum absolute atomic E-state index is 12.9. The van der Waals surface area contributed by atoms with Crippen LogP contribution in [0.2, 0.25) is 0 Å². The van der Waals surface area contributed by atoms with Crippen LogP contribution in [0.15, 0.2) is 18.2 Å². The third-order valence-corrected chi connectivity index (χ3v) is 7.16. The third-order valence-electron chi connectivity index (χ3n) is 7.16. The SMILES string of the molecule is CCCN(C1CCN(C(=O)N2CCNCC2)CC1)C1CCc2ccc(OC)cc2C1. The van der Waals surface area contributed by atoms with Crippen LogP contribution >= 0.6 is 0 Å². The molecule has 0 radical (unpaired) electrons. The number of ether oxygens (including phenoxy) is 1. The minimum atomic E-state index is 0.246. The number of piperazine rings is 1. The van der Waals surface area contributed by atoms with Crippen molar-refractivity contribution >= 4 is 6.03 Å². The minimum Gasteiger partial charge on any atom is -0.497 e. The number of carbonyl (C=O) groups is 1. The van der Waals surface area contributed by atoms with Gasteiger partial charge in [-0.1, -0.05) is 13.0 Å². The second kappa shape index (κ2) is 10.0. The maximum atomic E-state index is 12.9. The van der Waals surface area contributed by atoms with Crippen LogP contribution in [0, 0.1) is 0 Å². The Kier molecular flexibility index (Phi) is 7.16. The predicted octanol–water partition coefficient (Wildman–Crippen LogP) is 2.75. The highest BCUT2D eigenvalue weighted by atomic mass is 16.5. The molecule has 30 heavy (non-hydrogen) atoms. The zero-order valence-electron chi connectivity index (χ0n) is 18.7. The van der Waals surface area contributed by atoms with Gasteiger partial charge in [0.25, 0.3) is 0 Å². The van der Waals surface area contributed by atoms with Gasteiger partial charge in [-0.15, -0.1) is 0 Å². The Balaban J connectivity index is 1.37. The van der Waals surface area contributed by atoms with Crippen molar-refractivity contribution < 1.29 is 9.53 Å². The first-order valence-electron chi connectivity index (χ1n) is 11.9. The van der Waals surface area contributed by atoms with Gasteiger partial charge in [0.2, 0.25) is 0 Å². The summed E-state index contributed by atoms with van der Waals surface area (Å²) in [4.78, 5) is 19.7. The normalized spacial score (nSPS) is 22.8. The number of methoxy groups -OCH3 is 1. The second-order valence-electron chi connectivity index (χ2n) is 9.01. The van der Waals surface area contributed by atoms with E-state index in [4.69, 9.17) is 4.74 Å². The van der Waals surface area contributed by atoms with Crippen molar-refractivity contribution in [2.45, 2.75) is 57.5 Å². The van der Waals surface area contributed by atoms with Crippen molar-refractivity contribution in [3.63, 3.8) is 0 Å². The summed E-state index contributed by atoms with van der Waals surface area (Å²) >= 11 is 0. The molecule has 0 spiro atoms. The van der Waals surface area contributed by atoms with E-state index in [2.05, 4.69) is 40.2 Å². The molecule has 4 rings (SSSR count). The minimum absolute atomic E-state index is 0.246. The molecule has 6 heteroatoms. The van der Waals surface area contributed by atoms with Crippen LogP contribution in [0.1, 0.15) is 43.7 Å². The number of amides is 2. The van der Waals surface area contributed by atoms with E-state index in [0.29, 0.717) is 12.1 Å². The Morgan fingerprint density at radius 1 is 1.07 bits per heavy atom. The van der Waals surface area contributed by atoms with Gasteiger partial charge in [-0.25, -0.2) is 4.79 Å². The predicted molar refractivity (Wildman–Crippen MR) is 120 cm³/mol. The van der Waals surface area contributed by atoms with E-state index in [-0.39, 0.29) is 6.03 Å². The number of urea groups is 1. The fourth-order valence-corrected chi connectivity index (χ4v) is 5.49. The van der Waals surface area contributed by atoms with Crippen LogP contribution in [0.25, 0.3) is 0 Å². The van der Waals surface area contributed by atoms with Crippen LogP contribution in [-0.2, 0) is 12.8 Å². The molecule has 2 saturated heterocycles. The summed E-state index contributed by atoms with van der Waals surface area (Å²) in [7, 11) is 1.75. The van der Waals surface area contributed by atoms with Crippen molar-refractivity contribution in [3.8, 4) is 5.75 Å². The highest BCUT2D eigenvalue weighted by Crippen LogP contribution is 2.31. The Bertz CT molecular complexity index is 711. The molecule has 1 N–H and O–H groups in total. The van der Waals surface area contributed by atoms with Crippen molar-refractivity contribution in [3.05, 3.63) is 29.3 Å². The van der Waals surface area contributed by atoms with Crippen LogP contribution in [0.5, 0.6) is 5.75 Å². The lowest BCUT2D eigenvalue weighted by Crippen LogP contribution is -2.56. The molecule has 0 saturated carbocycles. The molecule has 6 nitrogen and oxygen atoms in total. The second-order valence-corrected chi connectivity index (χ2v) is 9.01. The zero-order chi connectivity index (χ0) is 20.9. The van der Waals surface area contributed by atoms with Gasteiger partial charge in [0, 0.05) is 51.4 Å². The van der Waals surface area contributed by atoms with Crippen molar-refractivity contribution in [1.29, 1.82) is 0 Å². The monoisotopic (exact) mass is 414 g/mol. The number of hydrogen-bond acceptors (Lipinski definition) is 4. The van der Waals surface area contributed by atoms with E-state index < -0.39 is 0 Å².